The lowest BCUT2D eigenvalue weighted by Gasteiger charge is -1.91. The fraction of sp³-hybridized carbons (Fsp3) is 0.167. The summed E-state index contributed by atoms with van der Waals surface area (Å²) in [6.45, 7) is 0. The highest BCUT2D eigenvalue weighted by Gasteiger charge is 1.93. The van der Waals surface area contributed by atoms with Gasteiger partial charge in [0.1, 0.15) is 23.1 Å². The van der Waals surface area contributed by atoms with Gasteiger partial charge >= 0.3 is 0 Å². The molecule has 0 N–H and O–H groups in total. The summed E-state index contributed by atoms with van der Waals surface area (Å²) < 4.78 is 0. The van der Waals surface area contributed by atoms with Crippen molar-refractivity contribution in [2.24, 2.45) is 0 Å². The highest BCUT2D eigenvalue weighted by atomic mass is 32.2. The summed E-state index contributed by atoms with van der Waals surface area (Å²) in [6, 6.07) is 3.59. The Hall–Kier alpha value is -1.08. The van der Waals surface area contributed by atoms with Crippen LogP contribution >= 0.6 is 11.8 Å². The lowest BCUT2D eigenvalue weighted by Crippen LogP contribution is -1.85. The zero-order valence-electron chi connectivity index (χ0n) is 5.40. The van der Waals surface area contributed by atoms with Crippen LogP contribution in [0.1, 0.15) is 5.69 Å². The smallest absolute Gasteiger partial charge is 0.144 e. The van der Waals surface area contributed by atoms with E-state index in [0.717, 1.165) is 5.03 Å². The summed E-state index contributed by atoms with van der Waals surface area (Å²) in [7, 11) is 0. The Morgan fingerprint density at radius 2 is 2.40 bits per heavy atom. The van der Waals surface area contributed by atoms with Gasteiger partial charge in [-0.2, -0.15) is 5.26 Å². The molecule has 1 aromatic rings. The Bertz CT molecular complexity index is 266. The van der Waals surface area contributed by atoms with E-state index in [0.29, 0.717) is 5.69 Å². The van der Waals surface area contributed by atoms with Crippen LogP contribution in [0.3, 0.4) is 0 Å². The quantitative estimate of drug-likeness (QED) is 0.445. The molecular weight excluding hydrogens is 146 g/mol. The number of nitrogens with zero attached hydrogens (tertiary/aromatic N) is 3. The molecule has 0 amide bonds. The second-order valence-electron chi connectivity index (χ2n) is 1.56. The maximum atomic E-state index is 8.41. The van der Waals surface area contributed by atoms with Crippen LogP contribution in [0.15, 0.2) is 17.4 Å². The fourth-order valence-corrected chi connectivity index (χ4v) is 0.894. The second kappa shape index (κ2) is 3.18. The minimum atomic E-state index is 0.416. The van der Waals surface area contributed by atoms with Gasteiger partial charge in [-0.25, -0.2) is 9.97 Å². The largest absolute Gasteiger partial charge is 0.230 e. The van der Waals surface area contributed by atoms with E-state index in [2.05, 4.69) is 9.97 Å². The Morgan fingerprint density at radius 3 is 3.00 bits per heavy atom. The van der Waals surface area contributed by atoms with Crippen molar-refractivity contribution >= 4 is 11.8 Å². The van der Waals surface area contributed by atoms with E-state index in [1.54, 1.807) is 6.07 Å². The van der Waals surface area contributed by atoms with E-state index in [1.165, 1.54) is 18.1 Å². The van der Waals surface area contributed by atoms with Crippen LogP contribution in [0.5, 0.6) is 0 Å². The van der Waals surface area contributed by atoms with Crippen LogP contribution < -0.4 is 0 Å². The van der Waals surface area contributed by atoms with Gasteiger partial charge in [0, 0.05) is 6.07 Å². The molecular formula is C6H5N3S. The van der Waals surface area contributed by atoms with Gasteiger partial charge in [0.25, 0.3) is 0 Å². The molecule has 0 atom stereocenters. The Balaban J connectivity index is 3.01. The first kappa shape index (κ1) is 7.03. The average molecular weight is 151 g/mol. The molecule has 50 valence electrons. The van der Waals surface area contributed by atoms with Crippen LogP contribution in [0, 0.1) is 11.3 Å². The lowest BCUT2D eigenvalue weighted by molar-refractivity contribution is 1.03. The molecule has 10 heavy (non-hydrogen) atoms. The van der Waals surface area contributed by atoms with Crippen LogP contribution in [0.2, 0.25) is 0 Å². The van der Waals surface area contributed by atoms with Crippen molar-refractivity contribution in [2.45, 2.75) is 5.03 Å². The summed E-state index contributed by atoms with van der Waals surface area (Å²) in [4.78, 5) is 7.63. The molecule has 0 aromatic carbocycles. The van der Waals surface area contributed by atoms with Crippen LogP contribution in [0.25, 0.3) is 0 Å². The second-order valence-corrected chi connectivity index (χ2v) is 2.38. The van der Waals surface area contributed by atoms with Gasteiger partial charge in [-0.05, 0) is 6.26 Å². The van der Waals surface area contributed by atoms with Gasteiger partial charge < -0.3 is 0 Å². The van der Waals surface area contributed by atoms with E-state index >= 15 is 0 Å². The van der Waals surface area contributed by atoms with Gasteiger partial charge in [-0.1, -0.05) is 0 Å². The Labute approximate surface area is 63.1 Å². The zero-order valence-corrected chi connectivity index (χ0v) is 6.22. The van der Waals surface area contributed by atoms with Crippen molar-refractivity contribution in [2.75, 3.05) is 6.26 Å². The van der Waals surface area contributed by atoms with Crippen molar-refractivity contribution < 1.29 is 0 Å². The SMILES string of the molecule is CSc1cc(C#N)ncn1. The van der Waals surface area contributed by atoms with Crippen molar-refractivity contribution in [3.63, 3.8) is 0 Å². The van der Waals surface area contributed by atoms with E-state index < -0.39 is 0 Å². The third kappa shape index (κ3) is 1.45. The van der Waals surface area contributed by atoms with Crippen molar-refractivity contribution in [1.82, 2.24) is 9.97 Å². The predicted octanol–water partition coefficient (Wildman–Crippen LogP) is 1.07. The highest BCUT2D eigenvalue weighted by molar-refractivity contribution is 7.98. The molecule has 0 fully saturated rings. The molecule has 0 radical (unpaired) electrons. The molecule has 1 rings (SSSR count). The molecule has 0 aliphatic heterocycles. The molecule has 1 aromatic heterocycles. The van der Waals surface area contributed by atoms with Crippen LogP contribution in [-0.4, -0.2) is 16.2 Å². The minimum Gasteiger partial charge on any atom is -0.230 e. The Morgan fingerprint density at radius 1 is 1.60 bits per heavy atom. The van der Waals surface area contributed by atoms with Gasteiger partial charge in [0.2, 0.25) is 0 Å². The molecule has 0 bridgehead atoms. The molecule has 0 aliphatic rings. The van der Waals surface area contributed by atoms with Crippen molar-refractivity contribution in [1.29, 1.82) is 5.26 Å². The van der Waals surface area contributed by atoms with Gasteiger partial charge in [-0.3, -0.25) is 0 Å². The third-order valence-electron chi connectivity index (χ3n) is 0.966. The zero-order chi connectivity index (χ0) is 7.40. The van der Waals surface area contributed by atoms with E-state index in [-0.39, 0.29) is 0 Å². The maximum Gasteiger partial charge on any atom is 0.144 e. The lowest BCUT2D eigenvalue weighted by atomic mass is 10.4. The first-order valence-corrected chi connectivity index (χ1v) is 3.85. The molecule has 1 heterocycles. The van der Waals surface area contributed by atoms with Crippen LogP contribution in [-0.2, 0) is 0 Å². The monoisotopic (exact) mass is 151 g/mol. The average Bonchev–Trinajstić information content (AvgIpc) is 2.05. The maximum absolute atomic E-state index is 8.41. The van der Waals surface area contributed by atoms with Gasteiger partial charge in [0.15, 0.2) is 0 Å². The summed E-state index contributed by atoms with van der Waals surface area (Å²) in [5.41, 5.74) is 0.416. The number of nitriles is 1. The molecule has 0 aliphatic carbocycles. The number of aromatic nitrogens is 2. The molecule has 0 unspecified atom stereocenters. The fourth-order valence-electron chi connectivity index (χ4n) is 0.512. The van der Waals surface area contributed by atoms with E-state index in [4.69, 9.17) is 5.26 Å². The number of hydrogen-bond acceptors (Lipinski definition) is 4. The first-order valence-electron chi connectivity index (χ1n) is 2.63. The normalized spacial score (nSPS) is 8.80. The summed E-state index contributed by atoms with van der Waals surface area (Å²) >= 11 is 1.50. The van der Waals surface area contributed by atoms with Gasteiger partial charge in [0.05, 0.1) is 0 Å². The Kier molecular flexibility index (Phi) is 2.24. The molecule has 0 saturated carbocycles. The predicted molar refractivity (Wildman–Crippen MR) is 38.5 cm³/mol. The summed E-state index contributed by atoms with van der Waals surface area (Å²) in [6.07, 6.45) is 3.30. The number of thioether (sulfide) groups is 1. The highest BCUT2D eigenvalue weighted by Crippen LogP contribution is 2.09. The topological polar surface area (TPSA) is 49.6 Å². The number of hydrogen-bond donors (Lipinski definition) is 0. The van der Waals surface area contributed by atoms with Gasteiger partial charge in [-0.15, -0.1) is 11.8 Å². The molecule has 4 heteroatoms. The standard InChI is InChI=1S/C6H5N3S/c1-10-6-2-5(3-7)8-4-9-6/h2,4H,1H3. The van der Waals surface area contributed by atoms with E-state index in [1.807, 2.05) is 12.3 Å². The van der Waals surface area contributed by atoms with Crippen LogP contribution in [0.4, 0.5) is 0 Å². The van der Waals surface area contributed by atoms with Crippen molar-refractivity contribution in [3.8, 4) is 6.07 Å². The van der Waals surface area contributed by atoms with E-state index in [9.17, 15) is 0 Å². The summed E-state index contributed by atoms with van der Waals surface area (Å²) in [5, 5.41) is 9.23. The summed E-state index contributed by atoms with van der Waals surface area (Å²) in [5.74, 6) is 0. The minimum absolute atomic E-state index is 0.416. The molecule has 0 saturated heterocycles. The van der Waals surface area contributed by atoms with Crippen molar-refractivity contribution in [3.05, 3.63) is 18.1 Å². The molecule has 0 spiro atoms. The number of rotatable bonds is 1. The molecule has 3 nitrogen and oxygen atoms in total. The first-order chi connectivity index (χ1) is 4.86. The third-order valence-corrected chi connectivity index (χ3v) is 1.61.